The first-order valence-electron chi connectivity index (χ1n) is 11.5. The van der Waals surface area contributed by atoms with E-state index in [-0.39, 0.29) is 30.0 Å². The Kier molecular flexibility index (Phi) is 8.28. The number of benzene rings is 1. The van der Waals surface area contributed by atoms with Crippen molar-refractivity contribution in [1.82, 2.24) is 19.8 Å². The lowest BCUT2D eigenvalue weighted by Crippen LogP contribution is -2.46. The van der Waals surface area contributed by atoms with Crippen LogP contribution in [0.1, 0.15) is 51.3 Å². The summed E-state index contributed by atoms with van der Waals surface area (Å²) in [5, 5.41) is 3.02. The Bertz CT molecular complexity index is 1050. The first-order chi connectivity index (χ1) is 15.3. The average Bonchev–Trinajstić information content (AvgIpc) is 3.08. The van der Waals surface area contributed by atoms with Crippen molar-refractivity contribution in [2.75, 3.05) is 25.9 Å². The Morgan fingerprint density at radius 2 is 1.97 bits per heavy atom. The number of rotatable bonds is 10. The molecular formula is C23H34N4O4S. The number of hydrogen-bond donors (Lipinski definition) is 1. The van der Waals surface area contributed by atoms with Crippen LogP contribution in [0.25, 0.3) is 11.0 Å². The largest absolute Gasteiger partial charge is 0.356 e. The van der Waals surface area contributed by atoms with Crippen molar-refractivity contribution in [3.63, 3.8) is 0 Å². The molecule has 0 aliphatic carbocycles. The van der Waals surface area contributed by atoms with Gasteiger partial charge in [0.1, 0.15) is 18.1 Å². The van der Waals surface area contributed by atoms with E-state index >= 15 is 0 Å². The number of imidazole rings is 1. The molecule has 2 heterocycles. The number of aromatic nitrogens is 2. The molecule has 1 aliphatic rings. The summed E-state index contributed by atoms with van der Waals surface area (Å²) in [6, 6.07) is 7.33. The monoisotopic (exact) mass is 462 g/mol. The van der Waals surface area contributed by atoms with Gasteiger partial charge >= 0.3 is 0 Å². The van der Waals surface area contributed by atoms with Crippen LogP contribution in [0.15, 0.2) is 24.3 Å². The maximum atomic E-state index is 13.1. The maximum absolute atomic E-state index is 13.1. The standard InChI is InChI=1S/C23H34N4O4S/c1-3-4-5-8-13-24-23(29)18-10-9-14-26(15-18)22(28)16-27-20-12-7-6-11-19(20)25-21(27)17-32(2,30)31/h6-7,11-12,18H,3-5,8-10,13-17H2,1-2H3,(H,24,29). The molecular weight excluding hydrogens is 428 g/mol. The third-order valence-electron chi connectivity index (χ3n) is 5.89. The molecule has 1 unspecified atom stereocenters. The average molecular weight is 463 g/mol. The van der Waals surface area contributed by atoms with Gasteiger partial charge in [0.05, 0.1) is 17.0 Å². The number of nitrogens with one attached hydrogen (secondary N) is 1. The lowest BCUT2D eigenvalue weighted by molar-refractivity contribution is -0.136. The van der Waals surface area contributed by atoms with Crippen molar-refractivity contribution in [2.24, 2.45) is 5.92 Å². The topological polar surface area (TPSA) is 101 Å². The maximum Gasteiger partial charge on any atom is 0.242 e. The van der Waals surface area contributed by atoms with Gasteiger partial charge in [-0.2, -0.15) is 0 Å². The minimum atomic E-state index is -3.30. The predicted molar refractivity (Wildman–Crippen MR) is 125 cm³/mol. The molecule has 2 amide bonds. The molecule has 1 N–H and O–H groups in total. The van der Waals surface area contributed by atoms with Crippen LogP contribution < -0.4 is 5.32 Å². The summed E-state index contributed by atoms with van der Waals surface area (Å²) in [6.07, 6.45) is 7.14. The van der Waals surface area contributed by atoms with Gasteiger partial charge in [-0.25, -0.2) is 13.4 Å². The summed E-state index contributed by atoms with van der Waals surface area (Å²) < 4.78 is 25.5. The van der Waals surface area contributed by atoms with Gasteiger partial charge in [-0.3, -0.25) is 9.59 Å². The van der Waals surface area contributed by atoms with Crippen LogP contribution >= 0.6 is 0 Å². The van der Waals surface area contributed by atoms with E-state index < -0.39 is 9.84 Å². The summed E-state index contributed by atoms with van der Waals surface area (Å²) in [5.41, 5.74) is 1.40. The number of unbranched alkanes of at least 4 members (excludes halogenated alkanes) is 3. The highest BCUT2D eigenvalue weighted by molar-refractivity contribution is 7.89. The van der Waals surface area contributed by atoms with Gasteiger partial charge < -0.3 is 14.8 Å². The number of para-hydroxylation sites is 2. The Labute approximate surface area is 190 Å². The van der Waals surface area contributed by atoms with Crippen LogP contribution in [0.5, 0.6) is 0 Å². The van der Waals surface area contributed by atoms with E-state index in [0.29, 0.717) is 31.0 Å². The second-order valence-electron chi connectivity index (χ2n) is 8.70. The van der Waals surface area contributed by atoms with E-state index in [4.69, 9.17) is 0 Å². The molecule has 3 rings (SSSR count). The Hall–Kier alpha value is -2.42. The number of nitrogens with zero attached hydrogens (tertiary/aromatic N) is 3. The van der Waals surface area contributed by atoms with Crippen LogP contribution in [-0.4, -0.2) is 60.6 Å². The SMILES string of the molecule is CCCCCCNC(=O)C1CCCN(C(=O)Cn2c(CS(C)(=O)=O)nc3ccccc32)C1. The van der Waals surface area contributed by atoms with Gasteiger partial charge in [-0.15, -0.1) is 0 Å². The first kappa shape index (κ1) is 24.2. The fraction of sp³-hybridized carbons (Fsp3) is 0.609. The third-order valence-corrected chi connectivity index (χ3v) is 6.68. The molecule has 0 radical (unpaired) electrons. The molecule has 176 valence electrons. The third kappa shape index (κ3) is 6.54. The van der Waals surface area contributed by atoms with Gasteiger partial charge in [0.15, 0.2) is 9.84 Å². The van der Waals surface area contributed by atoms with E-state index in [9.17, 15) is 18.0 Å². The van der Waals surface area contributed by atoms with Crippen molar-refractivity contribution in [3.05, 3.63) is 30.1 Å². The van der Waals surface area contributed by atoms with Gasteiger partial charge in [-0.1, -0.05) is 38.3 Å². The number of hydrogen-bond acceptors (Lipinski definition) is 5. The van der Waals surface area contributed by atoms with E-state index in [1.807, 2.05) is 24.3 Å². The van der Waals surface area contributed by atoms with Gasteiger partial charge in [0.2, 0.25) is 11.8 Å². The molecule has 1 atom stereocenters. The van der Waals surface area contributed by atoms with Crippen LogP contribution in [0.2, 0.25) is 0 Å². The number of piperidine rings is 1. The summed E-state index contributed by atoms with van der Waals surface area (Å²) in [7, 11) is -3.30. The Morgan fingerprint density at radius 1 is 1.19 bits per heavy atom. The minimum absolute atomic E-state index is 0.0106. The predicted octanol–water partition coefficient (Wildman–Crippen LogP) is 2.52. The molecule has 0 saturated carbocycles. The first-order valence-corrected chi connectivity index (χ1v) is 13.5. The fourth-order valence-corrected chi connectivity index (χ4v) is 4.90. The zero-order valence-electron chi connectivity index (χ0n) is 19.0. The number of fused-ring (bicyclic) bond motifs is 1. The summed E-state index contributed by atoms with van der Waals surface area (Å²) >= 11 is 0. The molecule has 0 bridgehead atoms. The molecule has 1 saturated heterocycles. The lowest BCUT2D eigenvalue weighted by Gasteiger charge is -2.32. The van der Waals surface area contributed by atoms with Crippen molar-refractivity contribution in [3.8, 4) is 0 Å². The number of sulfone groups is 1. The zero-order chi connectivity index (χ0) is 23.1. The van der Waals surface area contributed by atoms with E-state index in [0.717, 1.165) is 43.9 Å². The van der Waals surface area contributed by atoms with Crippen LogP contribution in [-0.2, 0) is 31.7 Å². The van der Waals surface area contributed by atoms with E-state index in [2.05, 4.69) is 17.2 Å². The van der Waals surface area contributed by atoms with Gasteiger partial charge in [0.25, 0.3) is 0 Å². The van der Waals surface area contributed by atoms with Crippen molar-refractivity contribution < 1.29 is 18.0 Å². The minimum Gasteiger partial charge on any atom is -0.356 e. The molecule has 9 heteroatoms. The second kappa shape index (κ2) is 10.9. The van der Waals surface area contributed by atoms with Crippen LogP contribution in [0.3, 0.4) is 0 Å². The van der Waals surface area contributed by atoms with Crippen LogP contribution in [0, 0.1) is 5.92 Å². The lowest BCUT2D eigenvalue weighted by atomic mass is 9.97. The van der Waals surface area contributed by atoms with Crippen molar-refractivity contribution >= 4 is 32.7 Å². The van der Waals surface area contributed by atoms with Crippen LogP contribution in [0.4, 0.5) is 0 Å². The second-order valence-corrected chi connectivity index (χ2v) is 10.8. The number of likely N-dealkylation sites (tertiary alicyclic amines) is 1. The highest BCUT2D eigenvalue weighted by Crippen LogP contribution is 2.21. The molecule has 1 aromatic heterocycles. The molecule has 1 aromatic carbocycles. The van der Waals surface area contributed by atoms with E-state index in [1.54, 1.807) is 9.47 Å². The molecule has 1 aliphatic heterocycles. The summed E-state index contributed by atoms with van der Waals surface area (Å²) in [5.74, 6) is -0.166. The zero-order valence-corrected chi connectivity index (χ0v) is 19.9. The normalized spacial score (nSPS) is 16.9. The van der Waals surface area contributed by atoms with Gasteiger partial charge in [0, 0.05) is 25.9 Å². The fourth-order valence-electron chi connectivity index (χ4n) is 4.21. The molecule has 8 nitrogen and oxygen atoms in total. The molecule has 1 fully saturated rings. The molecule has 2 aromatic rings. The number of carbonyl (C=O) groups excluding carboxylic acids is 2. The Morgan fingerprint density at radius 3 is 2.72 bits per heavy atom. The Balaban J connectivity index is 1.66. The number of amides is 2. The summed E-state index contributed by atoms with van der Waals surface area (Å²) in [4.78, 5) is 31.9. The highest BCUT2D eigenvalue weighted by Gasteiger charge is 2.29. The smallest absolute Gasteiger partial charge is 0.242 e. The molecule has 0 spiro atoms. The highest BCUT2D eigenvalue weighted by atomic mass is 32.2. The number of carbonyl (C=O) groups is 2. The van der Waals surface area contributed by atoms with Crippen molar-refractivity contribution in [1.29, 1.82) is 0 Å². The quantitative estimate of drug-likeness (QED) is 0.547. The summed E-state index contributed by atoms with van der Waals surface area (Å²) in [6.45, 7) is 3.85. The van der Waals surface area contributed by atoms with E-state index in [1.165, 1.54) is 6.42 Å². The van der Waals surface area contributed by atoms with Crippen molar-refractivity contribution in [2.45, 2.75) is 57.7 Å². The van der Waals surface area contributed by atoms with Gasteiger partial charge in [-0.05, 0) is 31.4 Å². The molecule has 32 heavy (non-hydrogen) atoms.